The van der Waals surface area contributed by atoms with Crippen molar-refractivity contribution in [3.63, 3.8) is 0 Å². The number of ether oxygens (including phenoxy) is 1. The number of carbonyl (C=O) groups excluding carboxylic acids is 1. The van der Waals surface area contributed by atoms with E-state index in [-0.39, 0.29) is 17.4 Å². The summed E-state index contributed by atoms with van der Waals surface area (Å²) in [5.74, 6) is -4.23. The lowest BCUT2D eigenvalue weighted by atomic mass is 10.0. The zero-order chi connectivity index (χ0) is 24.6. The van der Waals surface area contributed by atoms with Gasteiger partial charge in [0.25, 0.3) is 11.8 Å². The Hall–Kier alpha value is -3.95. The summed E-state index contributed by atoms with van der Waals surface area (Å²) in [5.41, 5.74) is 3.57. The molecule has 1 aliphatic heterocycles. The van der Waals surface area contributed by atoms with Gasteiger partial charge in [-0.15, -0.1) is 10.2 Å². The van der Waals surface area contributed by atoms with Crippen LogP contribution >= 0.6 is 0 Å². The molecule has 1 unspecified atom stereocenters. The van der Waals surface area contributed by atoms with Crippen LogP contribution in [0, 0.1) is 6.92 Å². The molecule has 3 aromatic rings. The summed E-state index contributed by atoms with van der Waals surface area (Å²) in [6.07, 6.45) is 1.41. The van der Waals surface area contributed by atoms with Crippen molar-refractivity contribution in [1.82, 2.24) is 20.1 Å². The largest absolute Gasteiger partial charge is 0.478 e. The van der Waals surface area contributed by atoms with E-state index in [9.17, 15) is 23.5 Å². The van der Waals surface area contributed by atoms with Crippen molar-refractivity contribution in [3.05, 3.63) is 70.5 Å². The standard InChI is InChI=1S/C24H22F2N4O4/c1-13-8-19(28-29-21(13)34-12-24(3,25)26)14(2)30-11-17-5-4-15(9-18(17)22(30)31)20-10-16(23(32)33)6-7-27-20/h4-10,14H,11-12H2,1-3H3,(H,32,33). The molecule has 0 radical (unpaired) electrons. The van der Waals surface area contributed by atoms with Gasteiger partial charge in [0, 0.05) is 36.4 Å². The second-order valence-electron chi connectivity index (χ2n) is 8.33. The molecule has 0 bridgehead atoms. The Morgan fingerprint density at radius 1 is 1.24 bits per heavy atom. The number of pyridine rings is 1. The fourth-order valence-electron chi connectivity index (χ4n) is 3.71. The Bertz CT molecular complexity index is 1280. The number of carboxylic acids is 1. The van der Waals surface area contributed by atoms with Gasteiger partial charge in [0.15, 0.2) is 6.61 Å². The van der Waals surface area contributed by atoms with Gasteiger partial charge in [0.2, 0.25) is 5.88 Å². The molecular weight excluding hydrogens is 446 g/mol. The number of carboxylic acid groups (broad SMARTS) is 1. The van der Waals surface area contributed by atoms with Crippen LogP contribution in [-0.2, 0) is 6.54 Å². The maximum absolute atomic E-state index is 13.2. The first kappa shape index (κ1) is 23.2. The molecular formula is C24H22F2N4O4. The van der Waals surface area contributed by atoms with Crippen molar-refractivity contribution < 1.29 is 28.2 Å². The third-order valence-electron chi connectivity index (χ3n) is 5.56. The van der Waals surface area contributed by atoms with Crippen LogP contribution < -0.4 is 4.74 Å². The molecule has 1 atom stereocenters. The minimum Gasteiger partial charge on any atom is -0.478 e. The minimum absolute atomic E-state index is 0.0224. The van der Waals surface area contributed by atoms with E-state index in [1.807, 2.05) is 13.0 Å². The highest BCUT2D eigenvalue weighted by atomic mass is 19.3. The van der Waals surface area contributed by atoms with Crippen LogP contribution in [0.4, 0.5) is 8.78 Å². The molecule has 0 spiro atoms. The maximum Gasteiger partial charge on any atom is 0.335 e. The molecule has 1 aromatic carbocycles. The highest BCUT2D eigenvalue weighted by Crippen LogP contribution is 2.33. The van der Waals surface area contributed by atoms with Gasteiger partial charge in [-0.05, 0) is 43.7 Å². The summed E-state index contributed by atoms with van der Waals surface area (Å²) >= 11 is 0. The first-order valence-corrected chi connectivity index (χ1v) is 10.5. The molecule has 10 heteroatoms. The third kappa shape index (κ3) is 4.70. The van der Waals surface area contributed by atoms with Gasteiger partial charge in [-0.3, -0.25) is 9.78 Å². The predicted octanol–water partition coefficient (Wildman–Crippen LogP) is 4.30. The van der Waals surface area contributed by atoms with Crippen LogP contribution in [0.25, 0.3) is 11.3 Å². The number of carbonyl (C=O) groups is 2. The average Bonchev–Trinajstić information content (AvgIpc) is 3.13. The molecule has 8 nitrogen and oxygen atoms in total. The number of aromatic carboxylic acids is 1. The van der Waals surface area contributed by atoms with E-state index in [0.29, 0.717) is 34.6 Å². The number of hydrogen-bond acceptors (Lipinski definition) is 6. The minimum atomic E-state index is -2.99. The number of alkyl halides is 2. The van der Waals surface area contributed by atoms with E-state index in [1.165, 1.54) is 18.3 Å². The molecule has 0 fully saturated rings. The number of amides is 1. The van der Waals surface area contributed by atoms with Crippen molar-refractivity contribution in [2.75, 3.05) is 6.61 Å². The normalized spacial score (nSPS) is 14.1. The number of benzene rings is 1. The monoisotopic (exact) mass is 468 g/mol. The lowest BCUT2D eigenvalue weighted by Crippen LogP contribution is -2.28. The van der Waals surface area contributed by atoms with Gasteiger partial charge >= 0.3 is 5.97 Å². The number of nitrogens with zero attached hydrogens (tertiary/aromatic N) is 4. The number of fused-ring (bicyclic) bond motifs is 1. The highest BCUT2D eigenvalue weighted by Gasteiger charge is 2.33. The predicted molar refractivity (Wildman–Crippen MR) is 118 cm³/mol. The van der Waals surface area contributed by atoms with Crippen molar-refractivity contribution in [1.29, 1.82) is 0 Å². The lowest BCUT2D eigenvalue weighted by molar-refractivity contribution is -0.0247. The van der Waals surface area contributed by atoms with E-state index in [4.69, 9.17) is 4.74 Å². The molecule has 1 amide bonds. The van der Waals surface area contributed by atoms with Crippen molar-refractivity contribution in [3.8, 4) is 17.1 Å². The zero-order valence-electron chi connectivity index (χ0n) is 18.7. The van der Waals surface area contributed by atoms with Gasteiger partial charge in [-0.2, -0.15) is 0 Å². The molecule has 34 heavy (non-hydrogen) atoms. The SMILES string of the molecule is Cc1cc(C(C)N2Cc3ccc(-c4cc(C(=O)O)ccn4)cc3C2=O)nnc1OCC(C)(F)F. The van der Waals surface area contributed by atoms with Crippen LogP contribution in [0.15, 0.2) is 42.6 Å². The van der Waals surface area contributed by atoms with Gasteiger partial charge in [-0.1, -0.05) is 12.1 Å². The molecule has 0 saturated heterocycles. The Kier molecular flexibility index (Phi) is 5.99. The Labute approximate surface area is 194 Å². The smallest absolute Gasteiger partial charge is 0.335 e. The average molecular weight is 468 g/mol. The second-order valence-corrected chi connectivity index (χ2v) is 8.33. The highest BCUT2D eigenvalue weighted by molar-refractivity contribution is 5.99. The summed E-state index contributed by atoms with van der Waals surface area (Å²) in [5, 5.41) is 17.2. The quantitative estimate of drug-likeness (QED) is 0.551. The van der Waals surface area contributed by atoms with E-state index < -0.39 is 24.5 Å². The van der Waals surface area contributed by atoms with E-state index in [1.54, 1.807) is 30.0 Å². The number of hydrogen-bond donors (Lipinski definition) is 1. The van der Waals surface area contributed by atoms with Crippen LogP contribution in [0.5, 0.6) is 5.88 Å². The molecule has 1 aliphatic rings. The van der Waals surface area contributed by atoms with Gasteiger partial charge in [0.1, 0.15) is 0 Å². The fourth-order valence-corrected chi connectivity index (χ4v) is 3.71. The number of halogens is 2. The second kappa shape index (κ2) is 8.77. The summed E-state index contributed by atoms with van der Waals surface area (Å²) in [7, 11) is 0. The van der Waals surface area contributed by atoms with Gasteiger partial charge in [-0.25, -0.2) is 13.6 Å². The molecule has 176 valence electrons. The van der Waals surface area contributed by atoms with E-state index in [2.05, 4.69) is 15.2 Å². The number of aromatic nitrogens is 3. The van der Waals surface area contributed by atoms with Crippen LogP contribution in [0.1, 0.15) is 57.4 Å². The van der Waals surface area contributed by atoms with Crippen molar-refractivity contribution in [2.24, 2.45) is 0 Å². The van der Waals surface area contributed by atoms with Crippen LogP contribution in [0.3, 0.4) is 0 Å². The maximum atomic E-state index is 13.2. The molecule has 4 rings (SSSR count). The first-order valence-electron chi connectivity index (χ1n) is 10.5. The molecule has 0 aliphatic carbocycles. The third-order valence-corrected chi connectivity index (χ3v) is 5.56. The Morgan fingerprint density at radius 3 is 2.68 bits per heavy atom. The Balaban J connectivity index is 1.55. The molecule has 3 heterocycles. The topological polar surface area (TPSA) is 106 Å². The van der Waals surface area contributed by atoms with E-state index in [0.717, 1.165) is 12.5 Å². The number of rotatable bonds is 7. The summed E-state index contributed by atoms with van der Waals surface area (Å²) < 4.78 is 31.2. The van der Waals surface area contributed by atoms with Gasteiger partial charge < -0.3 is 14.7 Å². The zero-order valence-corrected chi connectivity index (χ0v) is 18.7. The lowest BCUT2D eigenvalue weighted by Gasteiger charge is -2.24. The Morgan fingerprint density at radius 2 is 2.00 bits per heavy atom. The number of aryl methyl sites for hydroxylation is 1. The van der Waals surface area contributed by atoms with Crippen LogP contribution in [0.2, 0.25) is 0 Å². The summed E-state index contributed by atoms with van der Waals surface area (Å²) in [6, 6.07) is 9.43. The van der Waals surface area contributed by atoms with Gasteiger partial charge in [0.05, 0.1) is 23.0 Å². The fraction of sp³-hybridized carbons (Fsp3) is 0.292. The molecule has 2 aromatic heterocycles. The van der Waals surface area contributed by atoms with Crippen molar-refractivity contribution >= 4 is 11.9 Å². The van der Waals surface area contributed by atoms with Crippen LogP contribution in [-0.4, -0.2) is 49.6 Å². The summed E-state index contributed by atoms with van der Waals surface area (Å²) in [6.45, 7) is 3.81. The molecule has 0 saturated carbocycles. The first-order chi connectivity index (χ1) is 16.0. The van der Waals surface area contributed by atoms with E-state index >= 15 is 0 Å². The van der Waals surface area contributed by atoms with Crippen molar-refractivity contribution in [2.45, 2.75) is 39.3 Å². The molecule has 1 N–H and O–H groups in total. The summed E-state index contributed by atoms with van der Waals surface area (Å²) in [4.78, 5) is 30.3.